The maximum absolute atomic E-state index is 13.4. The van der Waals surface area contributed by atoms with Crippen LogP contribution in [0.15, 0.2) is 18.2 Å². The second kappa shape index (κ2) is 10.4. The molecule has 0 unspecified atom stereocenters. The number of nitrogens with one attached hydrogen (secondary N) is 1. The number of ether oxygens (including phenoxy) is 1. The van der Waals surface area contributed by atoms with E-state index in [0.29, 0.717) is 57.9 Å². The highest BCUT2D eigenvalue weighted by atomic mass is 19.4. The molecule has 0 aromatic heterocycles. The molecule has 190 valence electrons. The third-order valence-corrected chi connectivity index (χ3v) is 7.77. The third kappa shape index (κ3) is 5.40. The molecule has 3 saturated heterocycles. The van der Waals surface area contributed by atoms with Crippen LogP contribution >= 0.6 is 0 Å². The van der Waals surface area contributed by atoms with Gasteiger partial charge in [0.25, 0.3) is 0 Å². The van der Waals surface area contributed by atoms with Crippen molar-refractivity contribution in [1.82, 2.24) is 10.2 Å². The van der Waals surface area contributed by atoms with Gasteiger partial charge in [0.1, 0.15) is 0 Å². The van der Waals surface area contributed by atoms with Crippen LogP contribution < -0.4 is 10.2 Å². The number of carbonyl (C=O) groups excluding carboxylic acids is 2. The van der Waals surface area contributed by atoms with Crippen LogP contribution in [0, 0.1) is 35.0 Å². The topological polar surface area (TPSA) is 85.7 Å². The molecule has 1 aromatic rings. The van der Waals surface area contributed by atoms with Crippen molar-refractivity contribution in [3.8, 4) is 6.07 Å². The van der Waals surface area contributed by atoms with E-state index in [2.05, 4.69) is 5.32 Å². The Morgan fingerprint density at radius 3 is 2.40 bits per heavy atom. The monoisotopic (exact) mass is 492 g/mol. The number of likely N-dealkylation sites (tertiary alicyclic amines) is 1. The van der Waals surface area contributed by atoms with Crippen molar-refractivity contribution in [2.45, 2.75) is 31.9 Å². The number of benzene rings is 1. The van der Waals surface area contributed by atoms with Gasteiger partial charge in [-0.15, -0.1) is 0 Å². The van der Waals surface area contributed by atoms with Crippen molar-refractivity contribution in [3.05, 3.63) is 29.3 Å². The summed E-state index contributed by atoms with van der Waals surface area (Å²) in [6.07, 6.45) is -1.75. The molecule has 4 rings (SSSR count). The Balaban J connectivity index is 1.44. The van der Waals surface area contributed by atoms with E-state index in [4.69, 9.17) is 10.00 Å². The second-order valence-electron chi connectivity index (χ2n) is 9.68. The third-order valence-electron chi connectivity index (χ3n) is 7.77. The molecule has 0 spiro atoms. The van der Waals surface area contributed by atoms with Crippen LogP contribution in [0.4, 0.5) is 18.9 Å². The number of hydrogen-bond acceptors (Lipinski definition) is 5. The van der Waals surface area contributed by atoms with Gasteiger partial charge in [0.2, 0.25) is 11.8 Å². The fourth-order valence-electron chi connectivity index (χ4n) is 5.80. The van der Waals surface area contributed by atoms with E-state index in [-0.39, 0.29) is 41.0 Å². The zero-order valence-electron chi connectivity index (χ0n) is 19.8. The van der Waals surface area contributed by atoms with Gasteiger partial charge in [-0.2, -0.15) is 18.4 Å². The fourth-order valence-corrected chi connectivity index (χ4v) is 5.80. The molecule has 3 aliphatic rings. The second-order valence-corrected chi connectivity index (χ2v) is 9.68. The summed E-state index contributed by atoms with van der Waals surface area (Å²) in [6, 6.07) is 5.46. The summed E-state index contributed by atoms with van der Waals surface area (Å²) in [5, 5.41) is 11.8. The number of nitriles is 1. The number of rotatable bonds is 4. The minimum atomic E-state index is -4.59. The Morgan fingerprint density at radius 2 is 1.80 bits per heavy atom. The molecule has 3 aliphatic heterocycles. The summed E-state index contributed by atoms with van der Waals surface area (Å²) in [5.41, 5.74) is -0.859. The summed E-state index contributed by atoms with van der Waals surface area (Å²) in [7, 11) is 1.61. The maximum atomic E-state index is 13.4. The van der Waals surface area contributed by atoms with Gasteiger partial charge in [0, 0.05) is 58.0 Å². The maximum Gasteiger partial charge on any atom is 0.417 e. The molecule has 3 fully saturated rings. The lowest BCUT2D eigenvalue weighted by molar-refractivity contribution is -0.138. The zero-order chi connectivity index (χ0) is 25.2. The summed E-state index contributed by atoms with van der Waals surface area (Å²) in [6.45, 7) is 3.21. The molecule has 0 saturated carbocycles. The van der Waals surface area contributed by atoms with Gasteiger partial charge in [-0.05, 0) is 55.7 Å². The molecule has 10 heteroatoms. The molecule has 1 N–H and O–H groups in total. The molecule has 35 heavy (non-hydrogen) atoms. The summed E-state index contributed by atoms with van der Waals surface area (Å²) < 4.78 is 45.5. The minimum absolute atomic E-state index is 0.0209. The highest BCUT2D eigenvalue weighted by Gasteiger charge is 2.45. The highest BCUT2D eigenvalue weighted by Crippen LogP contribution is 2.39. The number of carbonyl (C=O) groups is 2. The predicted molar refractivity (Wildman–Crippen MR) is 122 cm³/mol. The van der Waals surface area contributed by atoms with Gasteiger partial charge in [0.05, 0.1) is 23.1 Å². The molecule has 2 amide bonds. The normalized spacial score (nSPS) is 24.3. The average Bonchev–Trinajstić information content (AvgIpc) is 3.33. The first kappa shape index (κ1) is 25.3. The van der Waals surface area contributed by atoms with Crippen molar-refractivity contribution >= 4 is 17.5 Å². The fraction of sp³-hybridized carbons (Fsp3) is 0.640. The molecule has 2 atom stereocenters. The van der Waals surface area contributed by atoms with Crippen molar-refractivity contribution in [3.63, 3.8) is 0 Å². The van der Waals surface area contributed by atoms with Crippen molar-refractivity contribution in [1.29, 1.82) is 5.26 Å². The first-order chi connectivity index (χ1) is 16.7. The van der Waals surface area contributed by atoms with Gasteiger partial charge in [-0.3, -0.25) is 9.59 Å². The summed E-state index contributed by atoms with van der Waals surface area (Å²) in [5.74, 6) is -0.101. The van der Waals surface area contributed by atoms with Crippen molar-refractivity contribution in [2.75, 3.05) is 51.3 Å². The van der Waals surface area contributed by atoms with Gasteiger partial charge in [0.15, 0.2) is 0 Å². The number of alkyl halides is 3. The van der Waals surface area contributed by atoms with E-state index < -0.39 is 11.7 Å². The van der Waals surface area contributed by atoms with E-state index in [1.165, 1.54) is 6.07 Å². The number of halogens is 3. The van der Waals surface area contributed by atoms with Crippen LogP contribution in [0.3, 0.4) is 0 Å². The van der Waals surface area contributed by atoms with Gasteiger partial charge in [-0.1, -0.05) is 0 Å². The molecule has 0 radical (unpaired) electrons. The molecule has 0 bridgehead atoms. The molecule has 7 nitrogen and oxygen atoms in total. The van der Waals surface area contributed by atoms with E-state index in [1.807, 2.05) is 9.80 Å². The van der Waals surface area contributed by atoms with Crippen LogP contribution in [-0.4, -0.2) is 63.2 Å². The minimum Gasteiger partial charge on any atom is -0.381 e. The number of piperidine rings is 1. The van der Waals surface area contributed by atoms with Gasteiger partial charge < -0.3 is 19.9 Å². The van der Waals surface area contributed by atoms with E-state index >= 15 is 0 Å². The zero-order valence-corrected chi connectivity index (χ0v) is 19.8. The Hall–Kier alpha value is -2.80. The van der Waals surface area contributed by atoms with Crippen LogP contribution in [0.25, 0.3) is 0 Å². The Bertz CT molecular complexity index is 979. The Kier molecular flexibility index (Phi) is 7.55. The number of anilines is 1. The van der Waals surface area contributed by atoms with Crippen molar-refractivity contribution in [2.24, 2.45) is 23.7 Å². The molecular weight excluding hydrogens is 461 g/mol. The number of amides is 2. The SMILES string of the molecule is CNC(=O)[C@@H]1CN(C(=O)C2CCOCC2)C[C@H]1C1CCN(c2ccc(C#N)c(C(F)(F)F)c2)CC1. The molecule has 3 heterocycles. The van der Waals surface area contributed by atoms with Crippen LogP contribution in [-0.2, 0) is 20.5 Å². The molecule has 1 aromatic carbocycles. The van der Waals surface area contributed by atoms with Crippen molar-refractivity contribution < 1.29 is 27.5 Å². The van der Waals surface area contributed by atoms with Crippen LogP contribution in [0.1, 0.15) is 36.8 Å². The molecule has 0 aliphatic carbocycles. The molecular formula is C25H31F3N4O3. The number of nitrogens with zero attached hydrogens (tertiary/aromatic N) is 3. The van der Waals surface area contributed by atoms with Gasteiger partial charge in [-0.25, -0.2) is 0 Å². The lowest BCUT2D eigenvalue weighted by Gasteiger charge is -2.37. The number of hydrogen-bond donors (Lipinski definition) is 1. The average molecular weight is 493 g/mol. The summed E-state index contributed by atoms with van der Waals surface area (Å²) in [4.78, 5) is 29.5. The lowest BCUT2D eigenvalue weighted by Crippen LogP contribution is -2.41. The predicted octanol–water partition coefficient (Wildman–Crippen LogP) is 3.04. The van der Waals surface area contributed by atoms with Crippen LogP contribution in [0.2, 0.25) is 0 Å². The quantitative estimate of drug-likeness (QED) is 0.699. The summed E-state index contributed by atoms with van der Waals surface area (Å²) >= 11 is 0. The lowest BCUT2D eigenvalue weighted by atomic mass is 9.78. The smallest absolute Gasteiger partial charge is 0.381 e. The standard InChI is InChI=1S/C25H31F3N4O3/c1-30-23(33)21-15-32(24(34)17-6-10-35-11-7-17)14-20(21)16-4-8-31(9-5-16)19-3-2-18(13-29)22(12-19)25(26,27)28/h2-3,12,16-17,20-21H,4-11,14-15H2,1H3,(H,30,33)/t20-,21+/m0/s1. The Labute approximate surface area is 203 Å². The van der Waals surface area contributed by atoms with Crippen LogP contribution in [0.5, 0.6) is 0 Å². The largest absolute Gasteiger partial charge is 0.417 e. The first-order valence-corrected chi connectivity index (χ1v) is 12.2. The van der Waals surface area contributed by atoms with E-state index in [1.54, 1.807) is 19.2 Å². The Morgan fingerprint density at radius 1 is 1.11 bits per heavy atom. The highest BCUT2D eigenvalue weighted by molar-refractivity contribution is 5.83. The van der Waals surface area contributed by atoms with Gasteiger partial charge >= 0.3 is 6.18 Å². The van der Waals surface area contributed by atoms with E-state index in [0.717, 1.165) is 18.9 Å². The first-order valence-electron chi connectivity index (χ1n) is 12.2. The van der Waals surface area contributed by atoms with E-state index in [9.17, 15) is 22.8 Å².